The fraction of sp³-hybridized carbons (Fsp3) is 0.400. The summed E-state index contributed by atoms with van der Waals surface area (Å²) in [6.45, 7) is 4.83. The van der Waals surface area contributed by atoms with Crippen molar-refractivity contribution in [2.75, 3.05) is 6.61 Å². The Morgan fingerprint density at radius 3 is 2.91 bits per heavy atom. The second kappa shape index (κ2) is 4.02. The van der Waals surface area contributed by atoms with Gasteiger partial charge in [0, 0.05) is 0 Å². The lowest BCUT2D eigenvalue weighted by Gasteiger charge is -2.03. The Balaban J connectivity index is 2.74. The smallest absolute Gasteiger partial charge is 0.119 e. The van der Waals surface area contributed by atoms with Crippen LogP contribution in [0, 0.1) is 6.07 Å². The van der Waals surface area contributed by atoms with Crippen LogP contribution in [0.5, 0.6) is 5.75 Å². The molecule has 0 atom stereocenters. The van der Waals surface area contributed by atoms with Gasteiger partial charge >= 0.3 is 0 Å². The molecule has 0 unspecified atom stereocenters. The third kappa shape index (κ3) is 2.26. The number of rotatable bonds is 3. The average molecular weight is 149 g/mol. The quantitative estimate of drug-likeness (QED) is 0.641. The normalized spacial score (nSPS) is 9.64. The SMILES string of the molecule is CCOc1cc[c]c(CC)c1. The van der Waals surface area contributed by atoms with Crippen LogP contribution in [0.3, 0.4) is 0 Å². The number of ether oxygens (including phenoxy) is 1. The minimum atomic E-state index is 0.729. The van der Waals surface area contributed by atoms with Crippen LogP contribution < -0.4 is 4.74 Å². The van der Waals surface area contributed by atoms with Crippen molar-refractivity contribution in [2.45, 2.75) is 20.3 Å². The molecule has 11 heavy (non-hydrogen) atoms. The zero-order valence-corrected chi connectivity index (χ0v) is 7.05. The summed E-state index contributed by atoms with van der Waals surface area (Å²) in [6, 6.07) is 9.01. The van der Waals surface area contributed by atoms with Gasteiger partial charge in [-0.2, -0.15) is 0 Å². The van der Waals surface area contributed by atoms with Crippen molar-refractivity contribution in [3.05, 3.63) is 29.8 Å². The lowest BCUT2D eigenvalue weighted by Crippen LogP contribution is -1.91. The van der Waals surface area contributed by atoms with E-state index in [0.717, 1.165) is 18.8 Å². The van der Waals surface area contributed by atoms with E-state index in [1.54, 1.807) is 0 Å². The van der Waals surface area contributed by atoms with Crippen molar-refractivity contribution < 1.29 is 4.74 Å². The fourth-order valence-corrected chi connectivity index (χ4v) is 0.953. The van der Waals surface area contributed by atoms with Gasteiger partial charge in [-0.05, 0) is 37.1 Å². The van der Waals surface area contributed by atoms with Crippen LogP contribution >= 0.6 is 0 Å². The van der Waals surface area contributed by atoms with Gasteiger partial charge in [-0.25, -0.2) is 0 Å². The van der Waals surface area contributed by atoms with Gasteiger partial charge in [-0.1, -0.05) is 13.0 Å². The summed E-state index contributed by atoms with van der Waals surface area (Å²) in [5.74, 6) is 0.947. The molecule has 1 aromatic rings. The Morgan fingerprint density at radius 2 is 2.27 bits per heavy atom. The standard InChI is InChI=1S/C10H13O/c1-3-9-6-5-7-10(8-9)11-4-2/h5,7-8H,3-4H2,1-2H3. The van der Waals surface area contributed by atoms with E-state index in [-0.39, 0.29) is 0 Å². The van der Waals surface area contributed by atoms with Gasteiger partial charge in [-0.3, -0.25) is 0 Å². The summed E-state index contributed by atoms with van der Waals surface area (Å²) < 4.78 is 5.33. The van der Waals surface area contributed by atoms with Gasteiger partial charge in [0.15, 0.2) is 0 Å². The van der Waals surface area contributed by atoms with Gasteiger partial charge < -0.3 is 4.74 Å². The summed E-state index contributed by atoms with van der Waals surface area (Å²) in [6.07, 6.45) is 1.01. The van der Waals surface area contributed by atoms with E-state index >= 15 is 0 Å². The molecule has 59 valence electrons. The zero-order valence-electron chi connectivity index (χ0n) is 7.05. The molecule has 0 N–H and O–H groups in total. The molecule has 0 aliphatic heterocycles. The van der Waals surface area contributed by atoms with Crippen LogP contribution in [0.4, 0.5) is 0 Å². The average Bonchev–Trinajstić information content (AvgIpc) is 2.06. The highest BCUT2D eigenvalue weighted by atomic mass is 16.5. The molecule has 1 radical (unpaired) electrons. The zero-order chi connectivity index (χ0) is 8.10. The van der Waals surface area contributed by atoms with Gasteiger partial charge in [0.2, 0.25) is 0 Å². The van der Waals surface area contributed by atoms with Gasteiger partial charge in [0.05, 0.1) is 6.61 Å². The van der Waals surface area contributed by atoms with Crippen LogP contribution in [-0.4, -0.2) is 6.61 Å². The third-order valence-electron chi connectivity index (χ3n) is 1.52. The highest BCUT2D eigenvalue weighted by Crippen LogP contribution is 2.12. The summed E-state index contributed by atoms with van der Waals surface area (Å²) in [7, 11) is 0. The maximum Gasteiger partial charge on any atom is 0.119 e. The van der Waals surface area contributed by atoms with E-state index in [9.17, 15) is 0 Å². The minimum Gasteiger partial charge on any atom is -0.494 e. The number of aryl methyl sites for hydroxylation is 1. The van der Waals surface area contributed by atoms with Gasteiger partial charge in [0.25, 0.3) is 0 Å². The molecule has 0 amide bonds. The van der Waals surface area contributed by atoms with Crippen LogP contribution in [0.15, 0.2) is 18.2 Å². The molecule has 1 aromatic carbocycles. The van der Waals surface area contributed by atoms with Crippen molar-refractivity contribution in [2.24, 2.45) is 0 Å². The molecular formula is C10H13O. The largest absolute Gasteiger partial charge is 0.494 e. The molecule has 0 fully saturated rings. The van der Waals surface area contributed by atoms with Crippen molar-refractivity contribution >= 4 is 0 Å². The monoisotopic (exact) mass is 149 g/mol. The predicted octanol–water partition coefficient (Wildman–Crippen LogP) is 2.45. The Labute approximate surface area is 68.0 Å². The molecule has 1 rings (SSSR count). The summed E-state index contributed by atoms with van der Waals surface area (Å²) in [4.78, 5) is 0. The summed E-state index contributed by atoms with van der Waals surface area (Å²) in [5.41, 5.74) is 1.20. The molecule has 1 heteroatoms. The number of benzene rings is 1. The van der Waals surface area contributed by atoms with Crippen LogP contribution in [0.1, 0.15) is 19.4 Å². The highest BCUT2D eigenvalue weighted by Gasteiger charge is 1.92. The summed E-state index contributed by atoms with van der Waals surface area (Å²) in [5, 5.41) is 0. The van der Waals surface area contributed by atoms with Crippen molar-refractivity contribution in [1.29, 1.82) is 0 Å². The lowest BCUT2D eigenvalue weighted by atomic mass is 10.2. The van der Waals surface area contributed by atoms with Crippen LogP contribution in [-0.2, 0) is 6.42 Å². The first-order valence-corrected chi connectivity index (χ1v) is 4.00. The van der Waals surface area contributed by atoms with Crippen LogP contribution in [0.2, 0.25) is 0 Å². The molecule has 0 heterocycles. The first-order chi connectivity index (χ1) is 5.36. The summed E-state index contributed by atoms with van der Waals surface area (Å²) >= 11 is 0. The highest BCUT2D eigenvalue weighted by molar-refractivity contribution is 5.27. The van der Waals surface area contributed by atoms with Crippen molar-refractivity contribution in [3.63, 3.8) is 0 Å². The van der Waals surface area contributed by atoms with Crippen molar-refractivity contribution in [1.82, 2.24) is 0 Å². The number of hydrogen-bond donors (Lipinski definition) is 0. The molecule has 0 saturated carbocycles. The Kier molecular flexibility index (Phi) is 2.96. The minimum absolute atomic E-state index is 0.729. The first kappa shape index (κ1) is 8.12. The first-order valence-electron chi connectivity index (χ1n) is 4.00. The Hall–Kier alpha value is -0.980. The van der Waals surface area contributed by atoms with Crippen LogP contribution in [0.25, 0.3) is 0 Å². The van der Waals surface area contributed by atoms with E-state index in [1.807, 2.05) is 25.1 Å². The molecular weight excluding hydrogens is 136 g/mol. The molecule has 0 spiro atoms. The maximum atomic E-state index is 5.33. The van der Waals surface area contributed by atoms with Gasteiger partial charge in [-0.15, -0.1) is 0 Å². The Bertz CT molecular complexity index is 218. The van der Waals surface area contributed by atoms with Crippen molar-refractivity contribution in [3.8, 4) is 5.75 Å². The second-order valence-corrected chi connectivity index (χ2v) is 2.34. The molecule has 0 bridgehead atoms. The van der Waals surface area contributed by atoms with E-state index < -0.39 is 0 Å². The van der Waals surface area contributed by atoms with E-state index in [2.05, 4.69) is 13.0 Å². The predicted molar refractivity (Wildman–Crippen MR) is 45.8 cm³/mol. The Morgan fingerprint density at radius 1 is 1.45 bits per heavy atom. The number of hydrogen-bond acceptors (Lipinski definition) is 1. The lowest BCUT2D eigenvalue weighted by molar-refractivity contribution is 0.340. The molecule has 0 saturated heterocycles. The van der Waals surface area contributed by atoms with E-state index in [1.165, 1.54) is 5.56 Å². The maximum absolute atomic E-state index is 5.33. The third-order valence-corrected chi connectivity index (χ3v) is 1.52. The molecule has 0 aliphatic carbocycles. The second-order valence-electron chi connectivity index (χ2n) is 2.34. The topological polar surface area (TPSA) is 9.23 Å². The molecule has 1 nitrogen and oxygen atoms in total. The molecule has 0 aromatic heterocycles. The van der Waals surface area contributed by atoms with E-state index in [4.69, 9.17) is 4.74 Å². The van der Waals surface area contributed by atoms with Gasteiger partial charge in [0.1, 0.15) is 5.75 Å². The fourth-order valence-electron chi connectivity index (χ4n) is 0.953. The van der Waals surface area contributed by atoms with E-state index in [0.29, 0.717) is 0 Å². The molecule has 0 aliphatic rings.